The van der Waals surface area contributed by atoms with E-state index in [0.717, 1.165) is 5.56 Å². The number of esters is 1. The molecule has 0 atom stereocenters. The summed E-state index contributed by atoms with van der Waals surface area (Å²) < 4.78 is 4.76. The van der Waals surface area contributed by atoms with E-state index < -0.39 is 0 Å². The van der Waals surface area contributed by atoms with Crippen LogP contribution in [0.1, 0.15) is 12.5 Å². The molecule has 0 aliphatic heterocycles. The Morgan fingerprint density at radius 3 is 2.59 bits per heavy atom. The number of hydrogen-bond acceptors (Lipinski definition) is 3. The second-order valence-corrected chi connectivity index (χ2v) is 4.12. The maximum Gasteiger partial charge on any atom is 0.330 e. The third kappa shape index (κ3) is 5.41. The molecule has 1 aromatic carbocycles. The Hall–Kier alpha value is -1.48. The summed E-state index contributed by atoms with van der Waals surface area (Å²) in [6, 6.07) is 8.22. The summed E-state index contributed by atoms with van der Waals surface area (Å²) in [6.45, 7) is 2.19. The van der Waals surface area contributed by atoms with Crippen LogP contribution in [-0.4, -0.2) is 18.8 Å². The number of benzene rings is 1. The molecule has 17 heavy (non-hydrogen) atoms. The highest BCUT2D eigenvalue weighted by atomic mass is 32.2. The minimum Gasteiger partial charge on any atom is -0.463 e. The molecule has 90 valence electrons. The molecule has 3 heteroatoms. The summed E-state index contributed by atoms with van der Waals surface area (Å²) in [5.74, 6) is -0.310. The van der Waals surface area contributed by atoms with Crippen molar-refractivity contribution < 1.29 is 9.53 Å². The van der Waals surface area contributed by atoms with Crippen LogP contribution < -0.4 is 0 Å². The Kier molecular flexibility index (Phi) is 6.18. The minimum absolute atomic E-state index is 0.310. The zero-order chi connectivity index (χ0) is 12.5. The van der Waals surface area contributed by atoms with E-state index in [1.807, 2.05) is 30.5 Å². The molecular formula is C14H16O2S. The van der Waals surface area contributed by atoms with Gasteiger partial charge in [-0.2, -0.15) is 0 Å². The first-order valence-corrected chi connectivity index (χ1v) is 6.64. The lowest BCUT2D eigenvalue weighted by Crippen LogP contribution is -1.98. The Morgan fingerprint density at radius 2 is 2.00 bits per heavy atom. The highest BCUT2D eigenvalue weighted by Crippen LogP contribution is 2.15. The number of hydrogen-bond donors (Lipinski definition) is 0. The zero-order valence-electron chi connectivity index (χ0n) is 10.1. The summed E-state index contributed by atoms with van der Waals surface area (Å²) in [5, 5.41) is 0. The lowest BCUT2D eigenvalue weighted by atomic mass is 10.2. The van der Waals surface area contributed by atoms with Gasteiger partial charge in [-0.15, -0.1) is 11.8 Å². The lowest BCUT2D eigenvalue weighted by molar-refractivity contribution is -0.137. The number of ether oxygens (including phenoxy) is 1. The summed E-state index contributed by atoms with van der Waals surface area (Å²) in [7, 11) is 0. The van der Waals surface area contributed by atoms with E-state index in [1.165, 1.54) is 11.0 Å². The van der Waals surface area contributed by atoms with E-state index in [2.05, 4.69) is 12.1 Å². The van der Waals surface area contributed by atoms with Crippen LogP contribution in [0.15, 0.2) is 47.4 Å². The van der Waals surface area contributed by atoms with E-state index in [9.17, 15) is 4.79 Å². The fourth-order valence-electron chi connectivity index (χ4n) is 1.21. The molecule has 0 radical (unpaired) electrons. The Bertz CT molecular complexity index is 405. The highest BCUT2D eigenvalue weighted by molar-refractivity contribution is 7.98. The SMILES string of the molecule is CCOC(=O)/C=C/C=C/c1ccc(SC)cc1. The molecule has 0 saturated carbocycles. The fourth-order valence-corrected chi connectivity index (χ4v) is 1.61. The van der Waals surface area contributed by atoms with Crippen molar-refractivity contribution in [1.82, 2.24) is 0 Å². The van der Waals surface area contributed by atoms with Crippen molar-refractivity contribution in [3.05, 3.63) is 48.1 Å². The van der Waals surface area contributed by atoms with Crippen molar-refractivity contribution in [3.8, 4) is 0 Å². The first-order valence-electron chi connectivity index (χ1n) is 5.42. The Labute approximate surface area is 106 Å². The highest BCUT2D eigenvalue weighted by Gasteiger charge is 1.91. The van der Waals surface area contributed by atoms with Crippen molar-refractivity contribution in [3.63, 3.8) is 0 Å². The van der Waals surface area contributed by atoms with Gasteiger partial charge in [0.1, 0.15) is 0 Å². The van der Waals surface area contributed by atoms with Crippen LogP contribution in [0.25, 0.3) is 6.08 Å². The summed E-state index contributed by atoms with van der Waals surface area (Å²) >= 11 is 1.72. The van der Waals surface area contributed by atoms with Crippen LogP contribution >= 0.6 is 11.8 Å². The van der Waals surface area contributed by atoms with Crippen molar-refractivity contribution in [1.29, 1.82) is 0 Å². The molecule has 0 N–H and O–H groups in total. The van der Waals surface area contributed by atoms with Gasteiger partial charge in [-0.3, -0.25) is 0 Å². The largest absolute Gasteiger partial charge is 0.463 e. The van der Waals surface area contributed by atoms with Gasteiger partial charge in [0.05, 0.1) is 6.61 Å². The number of rotatable bonds is 5. The normalized spacial score (nSPS) is 11.2. The molecular weight excluding hydrogens is 232 g/mol. The molecule has 0 amide bonds. The summed E-state index contributed by atoms with van der Waals surface area (Å²) in [6.07, 6.45) is 8.91. The van der Waals surface area contributed by atoms with Gasteiger partial charge >= 0.3 is 5.97 Å². The molecule has 1 aromatic rings. The molecule has 0 unspecified atom stereocenters. The smallest absolute Gasteiger partial charge is 0.330 e. The van der Waals surface area contributed by atoms with E-state index in [0.29, 0.717) is 6.61 Å². The molecule has 0 aliphatic carbocycles. The Morgan fingerprint density at radius 1 is 1.29 bits per heavy atom. The van der Waals surface area contributed by atoms with Crippen molar-refractivity contribution in [2.75, 3.05) is 12.9 Å². The van der Waals surface area contributed by atoms with Gasteiger partial charge in [0, 0.05) is 11.0 Å². The number of allylic oxidation sites excluding steroid dienone is 2. The second-order valence-electron chi connectivity index (χ2n) is 3.24. The van der Waals surface area contributed by atoms with Crippen LogP contribution in [0.2, 0.25) is 0 Å². The predicted molar refractivity (Wildman–Crippen MR) is 73.0 cm³/mol. The quantitative estimate of drug-likeness (QED) is 0.345. The number of carbonyl (C=O) groups is 1. The molecule has 0 spiro atoms. The molecule has 0 fully saturated rings. The van der Waals surface area contributed by atoms with Gasteiger partial charge in [-0.25, -0.2) is 4.79 Å². The minimum atomic E-state index is -0.310. The number of thioether (sulfide) groups is 1. The van der Waals surface area contributed by atoms with Crippen molar-refractivity contribution >= 4 is 23.8 Å². The van der Waals surface area contributed by atoms with Crippen LogP contribution in [0.5, 0.6) is 0 Å². The van der Waals surface area contributed by atoms with Crippen molar-refractivity contribution in [2.24, 2.45) is 0 Å². The standard InChI is InChI=1S/C14H16O2S/c1-3-16-14(15)7-5-4-6-12-8-10-13(17-2)11-9-12/h4-11H,3H2,1-2H3/b6-4+,7-5+. The molecule has 2 nitrogen and oxygen atoms in total. The topological polar surface area (TPSA) is 26.3 Å². The van der Waals surface area contributed by atoms with Gasteiger partial charge < -0.3 is 4.74 Å². The molecule has 1 rings (SSSR count). The first kappa shape index (κ1) is 13.6. The van der Waals surface area contributed by atoms with Crippen LogP contribution in [0, 0.1) is 0 Å². The third-order valence-corrected chi connectivity index (χ3v) is 2.78. The predicted octanol–water partition coefficient (Wildman–Crippen LogP) is 3.54. The van der Waals surface area contributed by atoms with Crippen LogP contribution in [0.3, 0.4) is 0 Å². The van der Waals surface area contributed by atoms with Crippen LogP contribution in [-0.2, 0) is 9.53 Å². The fraction of sp³-hybridized carbons (Fsp3) is 0.214. The van der Waals surface area contributed by atoms with E-state index in [1.54, 1.807) is 24.8 Å². The van der Waals surface area contributed by atoms with E-state index in [4.69, 9.17) is 4.74 Å². The lowest BCUT2D eigenvalue weighted by Gasteiger charge is -1.96. The maximum absolute atomic E-state index is 11.0. The zero-order valence-corrected chi connectivity index (χ0v) is 10.9. The number of carbonyl (C=O) groups excluding carboxylic acids is 1. The molecule has 0 saturated heterocycles. The van der Waals surface area contributed by atoms with Gasteiger partial charge in [-0.05, 0) is 30.9 Å². The molecule has 0 aliphatic rings. The Balaban J connectivity index is 2.50. The summed E-state index contributed by atoms with van der Waals surface area (Å²) in [4.78, 5) is 12.2. The average Bonchev–Trinajstić information content (AvgIpc) is 2.36. The summed E-state index contributed by atoms with van der Waals surface area (Å²) in [5.41, 5.74) is 1.11. The maximum atomic E-state index is 11.0. The second kappa shape index (κ2) is 7.74. The molecule has 0 bridgehead atoms. The van der Waals surface area contributed by atoms with Crippen LogP contribution in [0.4, 0.5) is 0 Å². The average molecular weight is 248 g/mol. The van der Waals surface area contributed by atoms with Gasteiger partial charge in [0.15, 0.2) is 0 Å². The van der Waals surface area contributed by atoms with E-state index >= 15 is 0 Å². The van der Waals surface area contributed by atoms with Gasteiger partial charge in [0.2, 0.25) is 0 Å². The van der Waals surface area contributed by atoms with E-state index in [-0.39, 0.29) is 5.97 Å². The third-order valence-electron chi connectivity index (χ3n) is 2.03. The van der Waals surface area contributed by atoms with Gasteiger partial charge in [-0.1, -0.05) is 30.4 Å². The first-order chi connectivity index (χ1) is 8.26. The monoisotopic (exact) mass is 248 g/mol. The molecule has 0 heterocycles. The van der Waals surface area contributed by atoms with Gasteiger partial charge in [0.25, 0.3) is 0 Å². The van der Waals surface area contributed by atoms with Crippen molar-refractivity contribution in [2.45, 2.75) is 11.8 Å². The molecule has 0 aromatic heterocycles.